The molecule has 1 heterocycles. The Bertz CT molecular complexity index is 781. The number of aromatic nitrogens is 2. The number of nitrogens with zero attached hydrogens (tertiary/aromatic N) is 1. The molecule has 0 bridgehead atoms. The maximum atomic E-state index is 12.2. The van der Waals surface area contributed by atoms with Crippen LogP contribution in [0.2, 0.25) is 0 Å². The number of rotatable bonds is 1. The van der Waals surface area contributed by atoms with Crippen LogP contribution in [0.25, 0.3) is 16.7 Å². The number of aromatic amines is 1. The van der Waals surface area contributed by atoms with E-state index in [-0.39, 0.29) is 5.69 Å². The Kier molecular flexibility index (Phi) is 2.33. The third-order valence-electron chi connectivity index (χ3n) is 3.26. The molecule has 3 rings (SSSR count). The van der Waals surface area contributed by atoms with Gasteiger partial charge in [-0.05, 0) is 37.1 Å². The highest BCUT2D eigenvalue weighted by atomic mass is 16.1. The lowest BCUT2D eigenvalue weighted by Crippen LogP contribution is -2.15. The van der Waals surface area contributed by atoms with Crippen molar-refractivity contribution < 1.29 is 0 Å². The Morgan fingerprint density at radius 3 is 2.44 bits per heavy atom. The fraction of sp³-hybridized carbons (Fsp3) is 0.133. The molecule has 1 N–H and O–H groups in total. The van der Waals surface area contributed by atoms with Crippen LogP contribution in [0, 0.1) is 13.8 Å². The summed E-state index contributed by atoms with van der Waals surface area (Å²) < 4.78 is 1.75. The molecular formula is C15H14N2O. The van der Waals surface area contributed by atoms with Crippen LogP contribution in [0.1, 0.15) is 11.1 Å². The Morgan fingerprint density at radius 1 is 0.944 bits per heavy atom. The minimum atomic E-state index is -0.0893. The van der Waals surface area contributed by atoms with Gasteiger partial charge in [-0.1, -0.05) is 30.3 Å². The molecule has 0 saturated heterocycles. The van der Waals surface area contributed by atoms with E-state index in [1.165, 1.54) is 0 Å². The Labute approximate surface area is 105 Å². The summed E-state index contributed by atoms with van der Waals surface area (Å²) in [6.07, 6.45) is 0. The van der Waals surface area contributed by atoms with E-state index in [1.54, 1.807) is 4.57 Å². The van der Waals surface area contributed by atoms with Gasteiger partial charge in [-0.3, -0.25) is 4.57 Å². The van der Waals surface area contributed by atoms with E-state index in [1.807, 2.05) is 56.3 Å². The van der Waals surface area contributed by atoms with Gasteiger partial charge in [-0.25, -0.2) is 4.79 Å². The molecule has 3 heteroatoms. The highest BCUT2D eigenvalue weighted by molar-refractivity contribution is 5.80. The molecular weight excluding hydrogens is 224 g/mol. The minimum absolute atomic E-state index is 0.0893. The second-order valence-corrected chi connectivity index (χ2v) is 4.52. The molecule has 0 saturated carbocycles. The van der Waals surface area contributed by atoms with Crippen molar-refractivity contribution in [3.8, 4) is 5.69 Å². The molecule has 18 heavy (non-hydrogen) atoms. The summed E-state index contributed by atoms with van der Waals surface area (Å²) in [6, 6.07) is 13.8. The molecule has 2 aromatic carbocycles. The van der Waals surface area contributed by atoms with Gasteiger partial charge < -0.3 is 4.98 Å². The number of fused-ring (bicyclic) bond motifs is 1. The predicted octanol–water partition coefficient (Wildman–Crippen LogP) is 2.94. The van der Waals surface area contributed by atoms with Crippen molar-refractivity contribution in [1.82, 2.24) is 9.55 Å². The normalized spacial score (nSPS) is 11.0. The van der Waals surface area contributed by atoms with E-state index < -0.39 is 0 Å². The molecule has 0 unspecified atom stereocenters. The van der Waals surface area contributed by atoms with E-state index in [0.29, 0.717) is 0 Å². The molecule has 0 fully saturated rings. The number of hydrogen-bond donors (Lipinski definition) is 1. The Hall–Kier alpha value is -2.29. The first-order chi connectivity index (χ1) is 8.68. The highest BCUT2D eigenvalue weighted by Crippen LogP contribution is 2.20. The van der Waals surface area contributed by atoms with Gasteiger partial charge >= 0.3 is 5.69 Å². The van der Waals surface area contributed by atoms with Crippen molar-refractivity contribution in [2.75, 3.05) is 0 Å². The van der Waals surface area contributed by atoms with Gasteiger partial charge in [0.15, 0.2) is 0 Å². The van der Waals surface area contributed by atoms with Crippen LogP contribution in [0.4, 0.5) is 0 Å². The molecule has 0 radical (unpaired) electrons. The smallest absolute Gasteiger partial charge is 0.305 e. The van der Waals surface area contributed by atoms with Crippen molar-refractivity contribution in [2.45, 2.75) is 13.8 Å². The van der Waals surface area contributed by atoms with E-state index >= 15 is 0 Å². The molecule has 0 aliphatic carbocycles. The van der Waals surface area contributed by atoms with Crippen LogP contribution in [0.5, 0.6) is 0 Å². The van der Waals surface area contributed by atoms with Gasteiger partial charge in [0, 0.05) is 0 Å². The second kappa shape index (κ2) is 3.88. The number of H-pyrrole nitrogens is 1. The maximum Gasteiger partial charge on any atom is 0.331 e. The third-order valence-corrected chi connectivity index (χ3v) is 3.26. The number of para-hydroxylation sites is 2. The standard InChI is InChI=1S/C15H14N2O/c1-10-6-3-4-9-13(10)17-14-11(2)7-5-8-12(14)16-15(17)18/h3-9H,1-2H3,(H,16,18). The van der Waals surface area contributed by atoms with Gasteiger partial charge in [-0.15, -0.1) is 0 Å². The summed E-state index contributed by atoms with van der Waals surface area (Å²) in [6.45, 7) is 4.03. The molecule has 3 aromatic rings. The lowest BCUT2D eigenvalue weighted by Gasteiger charge is -2.08. The molecule has 90 valence electrons. The number of aryl methyl sites for hydroxylation is 2. The van der Waals surface area contributed by atoms with Crippen LogP contribution < -0.4 is 5.69 Å². The van der Waals surface area contributed by atoms with Crippen LogP contribution >= 0.6 is 0 Å². The third kappa shape index (κ3) is 1.48. The fourth-order valence-corrected chi connectivity index (χ4v) is 2.37. The summed E-state index contributed by atoms with van der Waals surface area (Å²) in [5.74, 6) is 0. The van der Waals surface area contributed by atoms with Crippen LogP contribution in [0.3, 0.4) is 0 Å². The average Bonchev–Trinajstić information content (AvgIpc) is 2.68. The molecule has 0 aliphatic heterocycles. The quantitative estimate of drug-likeness (QED) is 0.695. The molecule has 1 aromatic heterocycles. The van der Waals surface area contributed by atoms with E-state index in [2.05, 4.69) is 4.98 Å². The van der Waals surface area contributed by atoms with E-state index in [4.69, 9.17) is 0 Å². The summed E-state index contributed by atoms with van der Waals surface area (Å²) >= 11 is 0. The largest absolute Gasteiger partial charge is 0.331 e. The first kappa shape index (κ1) is 10.8. The number of imidazole rings is 1. The van der Waals surface area contributed by atoms with Gasteiger partial charge in [0.2, 0.25) is 0 Å². The van der Waals surface area contributed by atoms with Gasteiger partial charge in [-0.2, -0.15) is 0 Å². The summed E-state index contributed by atoms with van der Waals surface area (Å²) in [5, 5.41) is 0. The van der Waals surface area contributed by atoms with E-state index in [9.17, 15) is 4.79 Å². The first-order valence-electron chi connectivity index (χ1n) is 5.95. The molecule has 0 amide bonds. The molecule has 0 atom stereocenters. The van der Waals surface area contributed by atoms with Gasteiger partial charge in [0.05, 0.1) is 16.7 Å². The van der Waals surface area contributed by atoms with Crippen LogP contribution in [-0.4, -0.2) is 9.55 Å². The van der Waals surface area contributed by atoms with Crippen molar-refractivity contribution in [2.24, 2.45) is 0 Å². The number of benzene rings is 2. The molecule has 0 spiro atoms. The first-order valence-corrected chi connectivity index (χ1v) is 5.95. The Balaban J connectivity index is 2.47. The Morgan fingerprint density at radius 2 is 1.67 bits per heavy atom. The summed E-state index contributed by atoms with van der Waals surface area (Å²) in [7, 11) is 0. The summed E-state index contributed by atoms with van der Waals surface area (Å²) in [5.41, 5.74) is 4.86. The lowest BCUT2D eigenvalue weighted by molar-refractivity contribution is 1.00. The number of hydrogen-bond acceptors (Lipinski definition) is 1. The highest BCUT2D eigenvalue weighted by Gasteiger charge is 2.11. The lowest BCUT2D eigenvalue weighted by atomic mass is 10.1. The molecule has 3 nitrogen and oxygen atoms in total. The average molecular weight is 238 g/mol. The zero-order chi connectivity index (χ0) is 12.7. The fourth-order valence-electron chi connectivity index (χ4n) is 2.37. The van der Waals surface area contributed by atoms with Gasteiger partial charge in [0.25, 0.3) is 0 Å². The van der Waals surface area contributed by atoms with Crippen LogP contribution in [0.15, 0.2) is 47.3 Å². The zero-order valence-electron chi connectivity index (χ0n) is 10.4. The van der Waals surface area contributed by atoms with Crippen LogP contribution in [-0.2, 0) is 0 Å². The van der Waals surface area contributed by atoms with Crippen molar-refractivity contribution >= 4 is 11.0 Å². The van der Waals surface area contributed by atoms with Gasteiger partial charge in [0.1, 0.15) is 0 Å². The van der Waals surface area contributed by atoms with Crippen molar-refractivity contribution in [1.29, 1.82) is 0 Å². The summed E-state index contributed by atoms with van der Waals surface area (Å²) in [4.78, 5) is 15.1. The maximum absolute atomic E-state index is 12.2. The molecule has 0 aliphatic rings. The second-order valence-electron chi connectivity index (χ2n) is 4.52. The predicted molar refractivity (Wildman–Crippen MR) is 73.4 cm³/mol. The zero-order valence-corrected chi connectivity index (χ0v) is 10.4. The topological polar surface area (TPSA) is 37.8 Å². The van der Waals surface area contributed by atoms with Crippen molar-refractivity contribution in [3.05, 3.63) is 64.1 Å². The van der Waals surface area contributed by atoms with E-state index in [0.717, 1.165) is 27.8 Å². The SMILES string of the molecule is Cc1ccccc1-n1c(=O)[nH]c2cccc(C)c21. The minimum Gasteiger partial charge on any atom is -0.305 e. The number of nitrogens with one attached hydrogen (secondary N) is 1. The monoisotopic (exact) mass is 238 g/mol. The van der Waals surface area contributed by atoms with Crippen molar-refractivity contribution in [3.63, 3.8) is 0 Å².